The third-order valence-corrected chi connectivity index (χ3v) is 3.95. The molecule has 0 radical (unpaired) electrons. The number of halogens is 2. The summed E-state index contributed by atoms with van der Waals surface area (Å²) < 4.78 is 5.87. The quantitative estimate of drug-likeness (QED) is 0.532. The summed E-state index contributed by atoms with van der Waals surface area (Å²) >= 11 is 0. The van der Waals surface area contributed by atoms with E-state index in [1.54, 1.807) is 0 Å². The molecular formula is C21H33Cl2N3O2. The first-order chi connectivity index (χ1) is 12.4. The summed E-state index contributed by atoms with van der Waals surface area (Å²) in [4.78, 5) is 12.1. The summed E-state index contributed by atoms with van der Waals surface area (Å²) in [6.07, 6.45) is 1.06. The van der Waals surface area contributed by atoms with Gasteiger partial charge in [0.2, 0.25) is 0 Å². The zero-order valence-corrected chi connectivity index (χ0v) is 18.8. The molecule has 0 heterocycles. The Morgan fingerprint density at radius 3 is 2.43 bits per heavy atom. The molecule has 0 fully saturated rings. The second-order valence-corrected chi connectivity index (χ2v) is 7.48. The van der Waals surface area contributed by atoms with Crippen LogP contribution in [-0.2, 0) is 11.3 Å². The molecule has 158 valence electrons. The SMILES string of the molecule is CNCCCNCc1c(OCC(=O)NC(C)(C)C)ccc2ccccc12.Cl.Cl. The maximum Gasteiger partial charge on any atom is 0.258 e. The number of amides is 1. The van der Waals surface area contributed by atoms with E-state index in [9.17, 15) is 4.79 Å². The summed E-state index contributed by atoms with van der Waals surface area (Å²) in [6, 6.07) is 12.2. The van der Waals surface area contributed by atoms with Crippen molar-refractivity contribution < 1.29 is 9.53 Å². The Labute approximate surface area is 180 Å². The molecule has 0 atom stereocenters. The van der Waals surface area contributed by atoms with Crippen molar-refractivity contribution >= 4 is 41.5 Å². The van der Waals surface area contributed by atoms with Gasteiger partial charge in [-0.2, -0.15) is 0 Å². The Bertz CT molecular complexity index is 733. The van der Waals surface area contributed by atoms with Gasteiger partial charge in [0.05, 0.1) is 0 Å². The molecule has 0 saturated carbocycles. The molecule has 0 bridgehead atoms. The van der Waals surface area contributed by atoms with Gasteiger partial charge >= 0.3 is 0 Å². The van der Waals surface area contributed by atoms with Crippen molar-refractivity contribution in [1.82, 2.24) is 16.0 Å². The fourth-order valence-corrected chi connectivity index (χ4v) is 2.83. The van der Waals surface area contributed by atoms with Crippen LogP contribution in [0.4, 0.5) is 0 Å². The standard InChI is InChI=1S/C21H31N3O2.2ClH/c1-21(2,3)24-20(25)15-26-19-11-10-16-8-5-6-9-17(16)18(19)14-23-13-7-12-22-4;;/h5-6,8-11,22-23H,7,12-15H2,1-4H3,(H,24,25);2*1H. The lowest BCUT2D eigenvalue weighted by Crippen LogP contribution is -2.43. The number of carbonyl (C=O) groups excluding carboxylic acids is 1. The number of rotatable bonds is 9. The van der Waals surface area contributed by atoms with Crippen molar-refractivity contribution in [2.45, 2.75) is 39.3 Å². The Morgan fingerprint density at radius 1 is 1.04 bits per heavy atom. The molecule has 7 heteroatoms. The molecule has 0 aromatic heterocycles. The largest absolute Gasteiger partial charge is 0.483 e. The Morgan fingerprint density at radius 2 is 1.75 bits per heavy atom. The lowest BCUT2D eigenvalue weighted by Gasteiger charge is -2.21. The minimum Gasteiger partial charge on any atom is -0.483 e. The van der Waals surface area contributed by atoms with E-state index in [0.29, 0.717) is 6.54 Å². The fraction of sp³-hybridized carbons (Fsp3) is 0.476. The predicted molar refractivity (Wildman–Crippen MR) is 122 cm³/mol. The second kappa shape index (κ2) is 12.8. The average Bonchev–Trinajstić information content (AvgIpc) is 2.59. The van der Waals surface area contributed by atoms with Crippen LogP contribution in [-0.4, -0.2) is 38.2 Å². The summed E-state index contributed by atoms with van der Waals surface area (Å²) in [5, 5.41) is 11.9. The third-order valence-electron chi connectivity index (χ3n) is 3.95. The van der Waals surface area contributed by atoms with E-state index in [0.717, 1.165) is 36.2 Å². The van der Waals surface area contributed by atoms with Crippen molar-refractivity contribution in [3.05, 3.63) is 42.0 Å². The van der Waals surface area contributed by atoms with Gasteiger partial charge in [-0.3, -0.25) is 4.79 Å². The molecule has 1 amide bonds. The topological polar surface area (TPSA) is 62.4 Å². The molecule has 5 nitrogen and oxygen atoms in total. The van der Waals surface area contributed by atoms with Crippen LogP contribution >= 0.6 is 24.8 Å². The molecule has 0 spiro atoms. The molecule has 28 heavy (non-hydrogen) atoms. The van der Waals surface area contributed by atoms with Crippen molar-refractivity contribution in [3.8, 4) is 5.75 Å². The lowest BCUT2D eigenvalue weighted by molar-refractivity contribution is -0.124. The highest BCUT2D eigenvalue weighted by molar-refractivity contribution is 5.88. The molecule has 3 N–H and O–H groups in total. The van der Waals surface area contributed by atoms with Gasteiger partial charge in [0.15, 0.2) is 6.61 Å². The van der Waals surface area contributed by atoms with E-state index in [1.165, 1.54) is 5.39 Å². The van der Waals surface area contributed by atoms with Gasteiger partial charge in [-0.15, -0.1) is 24.8 Å². The van der Waals surface area contributed by atoms with Gasteiger partial charge in [0, 0.05) is 17.6 Å². The molecule has 0 aliphatic carbocycles. The first kappa shape index (κ1) is 26.5. The number of benzene rings is 2. The number of hydrogen-bond acceptors (Lipinski definition) is 4. The van der Waals surface area contributed by atoms with Crippen LogP contribution in [0.15, 0.2) is 36.4 Å². The molecule has 0 unspecified atom stereocenters. The monoisotopic (exact) mass is 429 g/mol. The van der Waals surface area contributed by atoms with Gasteiger partial charge < -0.3 is 20.7 Å². The van der Waals surface area contributed by atoms with Gasteiger partial charge in [-0.1, -0.05) is 30.3 Å². The molecule has 2 aromatic carbocycles. The number of ether oxygens (including phenoxy) is 1. The number of hydrogen-bond donors (Lipinski definition) is 3. The third kappa shape index (κ3) is 8.65. The van der Waals surface area contributed by atoms with Crippen LogP contribution in [0.3, 0.4) is 0 Å². The fourth-order valence-electron chi connectivity index (χ4n) is 2.83. The highest BCUT2D eigenvalue weighted by Gasteiger charge is 2.15. The maximum atomic E-state index is 12.1. The van der Waals surface area contributed by atoms with E-state index >= 15 is 0 Å². The highest BCUT2D eigenvalue weighted by Crippen LogP contribution is 2.28. The highest BCUT2D eigenvalue weighted by atomic mass is 35.5. The first-order valence-corrected chi connectivity index (χ1v) is 9.20. The number of fused-ring (bicyclic) bond motifs is 1. The zero-order chi connectivity index (χ0) is 19.0. The second-order valence-electron chi connectivity index (χ2n) is 7.48. The van der Waals surface area contributed by atoms with Gasteiger partial charge in [0.25, 0.3) is 5.91 Å². The van der Waals surface area contributed by atoms with Crippen molar-refractivity contribution in [2.75, 3.05) is 26.7 Å². The molecule has 0 aliphatic rings. The average molecular weight is 430 g/mol. The molecule has 0 saturated heterocycles. The summed E-state index contributed by atoms with van der Waals surface area (Å²) in [7, 11) is 1.96. The number of nitrogens with one attached hydrogen (secondary N) is 3. The van der Waals surface area contributed by atoms with Crippen LogP contribution in [0, 0.1) is 0 Å². The van der Waals surface area contributed by atoms with Crippen LogP contribution in [0.25, 0.3) is 10.8 Å². The summed E-state index contributed by atoms with van der Waals surface area (Å²) in [5.74, 6) is 0.646. The van der Waals surface area contributed by atoms with E-state index in [2.05, 4.69) is 28.1 Å². The van der Waals surface area contributed by atoms with Gasteiger partial charge in [-0.05, 0) is 64.2 Å². The minimum absolute atomic E-state index is 0. The molecule has 0 aliphatic heterocycles. The molecule has 2 rings (SSSR count). The smallest absolute Gasteiger partial charge is 0.258 e. The molecular weight excluding hydrogens is 397 g/mol. The maximum absolute atomic E-state index is 12.1. The lowest BCUT2D eigenvalue weighted by atomic mass is 10.0. The van der Waals surface area contributed by atoms with Crippen molar-refractivity contribution in [3.63, 3.8) is 0 Å². The van der Waals surface area contributed by atoms with Crippen LogP contribution < -0.4 is 20.7 Å². The van der Waals surface area contributed by atoms with Gasteiger partial charge in [0.1, 0.15) is 5.75 Å². The van der Waals surface area contributed by atoms with Crippen LogP contribution in [0.2, 0.25) is 0 Å². The first-order valence-electron chi connectivity index (χ1n) is 9.20. The normalized spacial score (nSPS) is 10.7. The van der Waals surface area contributed by atoms with Crippen LogP contribution in [0.1, 0.15) is 32.8 Å². The van der Waals surface area contributed by atoms with Gasteiger partial charge in [-0.25, -0.2) is 0 Å². The van der Waals surface area contributed by atoms with E-state index in [-0.39, 0.29) is 42.9 Å². The summed E-state index contributed by atoms with van der Waals surface area (Å²) in [6.45, 7) is 8.51. The van der Waals surface area contributed by atoms with Crippen LogP contribution in [0.5, 0.6) is 5.75 Å². The Balaban J connectivity index is 0.00000364. The Hall–Kier alpha value is -1.53. The summed E-state index contributed by atoms with van der Waals surface area (Å²) in [5.41, 5.74) is 0.831. The molecule has 2 aromatic rings. The zero-order valence-electron chi connectivity index (χ0n) is 17.1. The Kier molecular flexibility index (Phi) is 12.1. The van der Waals surface area contributed by atoms with E-state index in [1.807, 2.05) is 52.1 Å². The van der Waals surface area contributed by atoms with E-state index < -0.39 is 0 Å². The number of carbonyl (C=O) groups is 1. The predicted octanol–water partition coefficient (Wildman–Crippen LogP) is 3.68. The van der Waals surface area contributed by atoms with E-state index in [4.69, 9.17) is 4.74 Å². The van der Waals surface area contributed by atoms with Crippen molar-refractivity contribution in [2.24, 2.45) is 0 Å². The van der Waals surface area contributed by atoms with Crippen molar-refractivity contribution in [1.29, 1.82) is 0 Å². The minimum atomic E-state index is -0.262.